The second kappa shape index (κ2) is 7.10. The van der Waals surface area contributed by atoms with E-state index in [9.17, 15) is 4.79 Å². The lowest BCUT2D eigenvalue weighted by Gasteiger charge is -2.33. The highest BCUT2D eigenvalue weighted by molar-refractivity contribution is 5.86. The average molecular weight is 255 g/mol. The lowest BCUT2D eigenvalue weighted by molar-refractivity contribution is -0.128. The first-order valence-electron chi connectivity index (χ1n) is 7.34. The highest BCUT2D eigenvalue weighted by atomic mass is 16.2. The minimum absolute atomic E-state index is 0.0434. The first-order valence-corrected chi connectivity index (χ1v) is 7.34. The summed E-state index contributed by atoms with van der Waals surface area (Å²) in [5.41, 5.74) is 5.61. The molecule has 1 saturated carbocycles. The SMILES string of the molecule is CCN(CC)CC(C)NC(=O)C1(N)CCCCC1. The summed E-state index contributed by atoms with van der Waals surface area (Å²) in [6.07, 6.45) is 5.03. The summed E-state index contributed by atoms with van der Waals surface area (Å²) >= 11 is 0. The zero-order chi connectivity index (χ0) is 13.6. The summed E-state index contributed by atoms with van der Waals surface area (Å²) in [5.74, 6) is 0.0434. The fourth-order valence-electron chi connectivity index (χ4n) is 2.69. The van der Waals surface area contributed by atoms with E-state index < -0.39 is 5.54 Å². The Labute approximate surface area is 111 Å². The molecule has 0 bridgehead atoms. The second-order valence-electron chi connectivity index (χ2n) is 5.58. The number of likely N-dealkylation sites (N-methyl/N-ethyl adjacent to an activating group) is 1. The lowest BCUT2D eigenvalue weighted by atomic mass is 9.82. The summed E-state index contributed by atoms with van der Waals surface area (Å²) in [4.78, 5) is 14.5. The van der Waals surface area contributed by atoms with Crippen molar-refractivity contribution < 1.29 is 4.79 Å². The smallest absolute Gasteiger partial charge is 0.240 e. The van der Waals surface area contributed by atoms with Gasteiger partial charge in [0.2, 0.25) is 5.91 Å². The van der Waals surface area contributed by atoms with Gasteiger partial charge in [-0.05, 0) is 32.9 Å². The number of nitrogens with zero attached hydrogens (tertiary/aromatic N) is 1. The summed E-state index contributed by atoms with van der Waals surface area (Å²) in [5, 5.41) is 3.08. The quantitative estimate of drug-likeness (QED) is 0.756. The molecule has 0 heterocycles. The van der Waals surface area contributed by atoms with Crippen LogP contribution in [0.2, 0.25) is 0 Å². The third kappa shape index (κ3) is 4.25. The van der Waals surface area contributed by atoms with Crippen molar-refractivity contribution in [1.29, 1.82) is 0 Å². The highest BCUT2D eigenvalue weighted by Gasteiger charge is 2.35. The van der Waals surface area contributed by atoms with E-state index in [0.717, 1.165) is 45.3 Å². The van der Waals surface area contributed by atoms with Crippen LogP contribution < -0.4 is 11.1 Å². The molecule has 1 amide bonds. The van der Waals surface area contributed by atoms with Crippen molar-refractivity contribution in [2.75, 3.05) is 19.6 Å². The zero-order valence-corrected chi connectivity index (χ0v) is 12.2. The van der Waals surface area contributed by atoms with E-state index in [4.69, 9.17) is 5.73 Å². The van der Waals surface area contributed by atoms with E-state index in [1.165, 1.54) is 6.42 Å². The Bertz CT molecular complexity index is 258. The van der Waals surface area contributed by atoms with E-state index in [0.29, 0.717) is 0 Å². The molecule has 1 atom stereocenters. The number of hydrogen-bond donors (Lipinski definition) is 2. The topological polar surface area (TPSA) is 58.4 Å². The first kappa shape index (κ1) is 15.4. The normalized spacial score (nSPS) is 20.7. The molecule has 1 fully saturated rings. The number of amides is 1. The molecule has 3 N–H and O–H groups in total. The lowest BCUT2D eigenvalue weighted by Crippen LogP contribution is -2.57. The van der Waals surface area contributed by atoms with Gasteiger partial charge in [0, 0.05) is 12.6 Å². The number of carbonyl (C=O) groups excluding carboxylic acids is 1. The van der Waals surface area contributed by atoms with Crippen LogP contribution >= 0.6 is 0 Å². The van der Waals surface area contributed by atoms with Gasteiger partial charge in [0.1, 0.15) is 0 Å². The molecule has 4 heteroatoms. The minimum atomic E-state index is -0.615. The molecule has 18 heavy (non-hydrogen) atoms. The molecular weight excluding hydrogens is 226 g/mol. The summed E-state index contributed by atoms with van der Waals surface area (Å²) in [6.45, 7) is 9.28. The fourth-order valence-corrected chi connectivity index (χ4v) is 2.69. The van der Waals surface area contributed by atoms with Crippen molar-refractivity contribution in [1.82, 2.24) is 10.2 Å². The predicted molar refractivity (Wildman–Crippen MR) is 75.4 cm³/mol. The van der Waals surface area contributed by atoms with Crippen molar-refractivity contribution in [3.63, 3.8) is 0 Å². The first-order chi connectivity index (χ1) is 8.51. The molecule has 0 aromatic heterocycles. The van der Waals surface area contributed by atoms with Gasteiger partial charge in [-0.3, -0.25) is 4.79 Å². The Kier molecular flexibility index (Phi) is 6.09. The van der Waals surface area contributed by atoms with Gasteiger partial charge in [-0.25, -0.2) is 0 Å². The maximum absolute atomic E-state index is 12.2. The van der Waals surface area contributed by atoms with Gasteiger partial charge in [0.15, 0.2) is 0 Å². The molecule has 1 aliphatic rings. The predicted octanol–water partition coefficient (Wildman–Crippen LogP) is 1.49. The molecular formula is C14H29N3O. The number of nitrogens with one attached hydrogen (secondary N) is 1. The minimum Gasteiger partial charge on any atom is -0.351 e. The standard InChI is InChI=1S/C14H29N3O/c1-4-17(5-2)11-12(3)16-13(18)14(15)9-7-6-8-10-14/h12H,4-11,15H2,1-3H3,(H,16,18). The van der Waals surface area contributed by atoms with E-state index >= 15 is 0 Å². The molecule has 0 aliphatic heterocycles. The fraction of sp³-hybridized carbons (Fsp3) is 0.929. The van der Waals surface area contributed by atoms with Crippen LogP contribution in [0.4, 0.5) is 0 Å². The van der Waals surface area contributed by atoms with E-state index in [2.05, 4.69) is 31.0 Å². The molecule has 0 radical (unpaired) electrons. The monoisotopic (exact) mass is 255 g/mol. The van der Waals surface area contributed by atoms with Crippen LogP contribution in [0.15, 0.2) is 0 Å². The number of hydrogen-bond acceptors (Lipinski definition) is 3. The summed E-state index contributed by atoms with van der Waals surface area (Å²) < 4.78 is 0. The molecule has 0 spiro atoms. The zero-order valence-electron chi connectivity index (χ0n) is 12.2. The molecule has 0 aromatic rings. The Balaban J connectivity index is 2.43. The van der Waals surface area contributed by atoms with Crippen LogP contribution in [0.3, 0.4) is 0 Å². The number of carbonyl (C=O) groups is 1. The number of nitrogens with two attached hydrogens (primary N) is 1. The molecule has 106 valence electrons. The Morgan fingerprint density at radius 2 is 1.83 bits per heavy atom. The van der Waals surface area contributed by atoms with Gasteiger partial charge >= 0.3 is 0 Å². The third-order valence-electron chi connectivity index (χ3n) is 4.00. The molecule has 1 rings (SSSR count). The van der Waals surface area contributed by atoms with E-state index in [1.54, 1.807) is 0 Å². The van der Waals surface area contributed by atoms with Crippen LogP contribution in [0.1, 0.15) is 52.9 Å². The van der Waals surface area contributed by atoms with Crippen molar-refractivity contribution in [3.05, 3.63) is 0 Å². The van der Waals surface area contributed by atoms with Crippen LogP contribution in [0, 0.1) is 0 Å². The summed E-state index contributed by atoms with van der Waals surface area (Å²) in [7, 11) is 0. The van der Waals surface area contributed by atoms with Gasteiger partial charge in [-0.2, -0.15) is 0 Å². The van der Waals surface area contributed by atoms with E-state index in [1.807, 2.05) is 0 Å². The van der Waals surface area contributed by atoms with Crippen LogP contribution in [0.5, 0.6) is 0 Å². The van der Waals surface area contributed by atoms with Crippen molar-refractivity contribution in [2.45, 2.75) is 64.5 Å². The number of rotatable bonds is 6. The maximum Gasteiger partial charge on any atom is 0.240 e. The maximum atomic E-state index is 12.2. The Morgan fingerprint density at radius 1 is 1.28 bits per heavy atom. The Morgan fingerprint density at radius 3 is 2.33 bits per heavy atom. The molecule has 0 aromatic carbocycles. The molecule has 4 nitrogen and oxygen atoms in total. The van der Waals surface area contributed by atoms with Crippen molar-refractivity contribution in [3.8, 4) is 0 Å². The van der Waals surface area contributed by atoms with Crippen LogP contribution in [0.25, 0.3) is 0 Å². The van der Waals surface area contributed by atoms with E-state index in [-0.39, 0.29) is 11.9 Å². The molecule has 0 saturated heterocycles. The van der Waals surface area contributed by atoms with Gasteiger partial charge in [-0.15, -0.1) is 0 Å². The third-order valence-corrected chi connectivity index (χ3v) is 4.00. The van der Waals surface area contributed by atoms with Crippen LogP contribution in [-0.2, 0) is 4.79 Å². The second-order valence-corrected chi connectivity index (χ2v) is 5.58. The van der Waals surface area contributed by atoms with Gasteiger partial charge in [0.25, 0.3) is 0 Å². The highest BCUT2D eigenvalue weighted by Crippen LogP contribution is 2.26. The van der Waals surface area contributed by atoms with Gasteiger partial charge in [-0.1, -0.05) is 33.1 Å². The Hall–Kier alpha value is -0.610. The van der Waals surface area contributed by atoms with Crippen molar-refractivity contribution in [2.24, 2.45) is 5.73 Å². The summed E-state index contributed by atoms with van der Waals surface area (Å²) in [6, 6.07) is 0.166. The van der Waals surface area contributed by atoms with Crippen molar-refractivity contribution >= 4 is 5.91 Å². The van der Waals surface area contributed by atoms with Gasteiger partial charge < -0.3 is 16.0 Å². The largest absolute Gasteiger partial charge is 0.351 e. The molecule has 1 unspecified atom stereocenters. The molecule has 1 aliphatic carbocycles. The average Bonchev–Trinajstić information content (AvgIpc) is 2.36. The van der Waals surface area contributed by atoms with Crippen LogP contribution in [-0.4, -0.2) is 42.0 Å². The van der Waals surface area contributed by atoms with Gasteiger partial charge in [0.05, 0.1) is 5.54 Å².